The number of aliphatic carboxylic acids is 1. The lowest BCUT2D eigenvalue weighted by Crippen LogP contribution is -2.17. The molecule has 1 amide bonds. The van der Waals surface area contributed by atoms with E-state index in [9.17, 15) is 19.5 Å². The molecule has 1 aromatic rings. The summed E-state index contributed by atoms with van der Waals surface area (Å²) < 4.78 is 0. The molecule has 21 heavy (non-hydrogen) atoms. The van der Waals surface area contributed by atoms with Crippen LogP contribution in [0.2, 0.25) is 0 Å². The Morgan fingerprint density at radius 1 is 1.19 bits per heavy atom. The zero-order valence-corrected chi connectivity index (χ0v) is 12.0. The lowest BCUT2D eigenvalue weighted by molar-refractivity contribution is -0.140. The van der Waals surface area contributed by atoms with Gasteiger partial charge >= 0.3 is 5.97 Å². The summed E-state index contributed by atoms with van der Waals surface area (Å²) in [7, 11) is 0. The number of anilines is 1. The largest absolute Gasteiger partial charge is 0.507 e. The highest BCUT2D eigenvalue weighted by Gasteiger charge is 2.65. The van der Waals surface area contributed by atoms with E-state index >= 15 is 0 Å². The molecule has 6 nitrogen and oxygen atoms in total. The summed E-state index contributed by atoms with van der Waals surface area (Å²) in [6, 6.07) is 4.19. The molecule has 0 aromatic heterocycles. The second-order valence-corrected chi connectivity index (χ2v) is 5.89. The maximum Gasteiger partial charge on any atom is 0.307 e. The summed E-state index contributed by atoms with van der Waals surface area (Å²) >= 11 is 0. The zero-order chi connectivity index (χ0) is 15.9. The third-order valence-corrected chi connectivity index (χ3v) is 4.02. The Kier molecular flexibility index (Phi) is 3.49. The number of Topliss-reactive ketones (excluding diaryl/α,β-unsaturated/α-hetero) is 1. The second-order valence-electron chi connectivity index (χ2n) is 5.89. The van der Waals surface area contributed by atoms with Gasteiger partial charge in [-0.25, -0.2) is 0 Å². The number of amides is 1. The number of carboxylic acid groups (broad SMARTS) is 1. The number of carbonyl (C=O) groups is 3. The van der Waals surface area contributed by atoms with E-state index in [4.69, 9.17) is 5.11 Å². The van der Waals surface area contributed by atoms with E-state index in [2.05, 4.69) is 5.32 Å². The number of phenolic OH excluding ortho intramolecular Hbond substituents is 1. The molecule has 0 aliphatic heterocycles. The number of nitrogens with one attached hydrogen (secondary N) is 1. The van der Waals surface area contributed by atoms with Gasteiger partial charge < -0.3 is 15.5 Å². The fourth-order valence-corrected chi connectivity index (χ4v) is 2.72. The summed E-state index contributed by atoms with van der Waals surface area (Å²) in [5.41, 5.74) is -0.0883. The average Bonchev–Trinajstić information content (AvgIpc) is 2.92. The minimum atomic E-state index is -0.991. The van der Waals surface area contributed by atoms with Crippen LogP contribution >= 0.6 is 0 Å². The topological polar surface area (TPSA) is 104 Å². The fourth-order valence-electron chi connectivity index (χ4n) is 2.72. The number of ketones is 1. The average molecular weight is 291 g/mol. The second kappa shape index (κ2) is 4.87. The van der Waals surface area contributed by atoms with Crippen LogP contribution in [0.15, 0.2) is 18.2 Å². The van der Waals surface area contributed by atoms with Gasteiger partial charge in [0.2, 0.25) is 5.91 Å². The number of carbonyl (C=O) groups excluding carboxylic acids is 2. The molecule has 0 spiro atoms. The van der Waals surface area contributed by atoms with Gasteiger partial charge in [0.1, 0.15) is 5.75 Å². The van der Waals surface area contributed by atoms with Crippen molar-refractivity contribution in [3.63, 3.8) is 0 Å². The van der Waals surface area contributed by atoms with Crippen molar-refractivity contribution in [3.05, 3.63) is 23.8 Å². The molecule has 0 heterocycles. The van der Waals surface area contributed by atoms with Crippen LogP contribution in [0.25, 0.3) is 0 Å². The first-order valence-electron chi connectivity index (χ1n) is 6.54. The summed E-state index contributed by atoms with van der Waals surface area (Å²) in [6.07, 6.45) is 0. The molecule has 0 saturated heterocycles. The van der Waals surface area contributed by atoms with Gasteiger partial charge in [-0.2, -0.15) is 0 Å². The van der Waals surface area contributed by atoms with E-state index in [1.807, 2.05) is 0 Å². The standard InChI is InChI=1S/C15H17NO5/c1-7(17)9-5-4-8(6-10(9)18)16-13(19)11-12(14(20)21)15(11,2)3/h4-6,11-12,18H,1-3H3,(H,16,19)(H,20,21)/t11-,12+/m0/s1. The molecule has 1 aliphatic rings. The summed E-state index contributed by atoms with van der Waals surface area (Å²) in [5.74, 6) is -3.20. The van der Waals surface area contributed by atoms with Gasteiger partial charge in [-0.3, -0.25) is 14.4 Å². The number of hydrogen-bond acceptors (Lipinski definition) is 4. The Morgan fingerprint density at radius 2 is 1.81 bits per heavy atom. The molecule has 1 aliphatic carbocycles. The number of hydrogen-bond donors (Lipinski definition) is 3. The van der Waals surface area contributed by atoms with Gasteiger partial charge in [0.25, 0.3) is 0 Å². The molecule has 1 saturated carbocycles. The lowest BCUT2D eigenvalue weighted by atomic mass is 10.1. The Labute approximate surface area is 121 Å². The zero-order valence-electron chi connectivity index (χ0n) is 12.0. The summed E-state index contributed by atoms with van der Waals surface area (Å²) in [5, 5.41) is 21.3. The van der Waals surface area contributed by atoms with Crippen molar-refractivity contribution in [2.24, 2.45) is 17.3 Å². The molecule has 0 radical (unpaired) electrons. The molecule has 0 unspecified atom stereocenters. The number of rotatable bonds is 4. The van der Waals surface area contributed by atoms with Crippen LogP contribution < -0.4 is 5.32 Å². The molecule has 112 valence electrons. The van der Waals surface area contributed by atoms with E-state index in [0.29, 0.717) is 5.69 Å². The molecule has 2 atom stereocenters. The normalized spacial score (nSPS) is 22.4. The molecule has 2 rings (SSSR count). The lowest BCUT2D eigenvalue weighted by Gasteiger charge is -2.08. The maximum absolute atomic E-state index is 12.1. The summed E-state index contributed by atoms with van der Waals surface area (Å²) in [6.45, 7) is 4.79. The Morgan fingerprint density at radius 3 is 2.24 bits per heavy atom. The van der Waals surface area contributed by atoms with E-state index in [1.165, 1.54) is 25.1 Å². The van der Waals surface area contributed by atoms with Crippen molar-refractivity contribution in [2.75, 3.05) is 5.32 Å². The molecule has 3 N–H and O–H groups in total. The Balaban J connectivity index is 2.13. The van der Waals surface area contributed by atoms with Crippen molar-refractivity contribution in [1.29, 1.82) is 0 Å². The van der Waals surface area contributed by atoms with E-state index in [0.717, 1.165) is 0 Å². The van der Waals surface area contributed by atoms with Gasteiger partial charge in [0.05, 0.1) is 17.4 Å². The van der Waals surface area contributed by atoms with Crippen molar-refractivity contribution >= 4 is 23.3 Å². The predicted octanol–water partition coefficient (Wildman–Crippen LogP) is 1.89. The SMILES string of the molecule is CC(=O)c1ccc(NC(=O)[C@@H]2[C@H](C(=O)O)C2(C)C)cc1O. The van der Waals surface area contributed by atoms with Gasteiger partial charge in [0, 0.05) is 11.8 Å². The first kappa shape index (κ1) is 15.0. The minimum Gasteiger partial charge on any atom is -0.507 e. The fraction of sp³-hybridized carbons (Fsp3) is 0.400. The van der Waals surface area contributed by atoms with Crippen LogP contribution in [0.4, 0.5) is 5.69 Å². The smallest absolute Gasteiger partial charge is 0.307 e. The first-order chi connectivity index (χ1) is 9.66. The van der Waals surface area contributed by atoms with Crippen LogP contribution in [-0.2, 0) is 9.59 Å². The molecule has 0 bridgehead atoms. The molecular weight excluding hydrogens is 274 g/mol. The van der Waals surface area contributed by atoms with Crippen molar-refractivity contribution in [3.8, 4) is 5.75 Å². The Hall–Kier alpha value is -2.37. The van der Waals surface area contributed by atoms with E-state index < -0.39 is 29.1 Å². The first-order valence-corrected chi connectivity index (χ1v) is 6.54. The van der Waals surface area contributed by atoms with Crippen LogP contribution in [0.5, 0.6) is 5.75 Å². The number of carboxylic acids is 1. The van der Waals surface area contributed by atoms with E-state index in [-0.39, 0.29) is 17.1 Å². The van der Waals surface area contributed by atoms with Crippen LogP contribution in [0.3, 0.4) is 0 Å². The van der Waals surface area contributed by atoms with Gasteiger partial charge in [-0.05, 0) is 24.5 Å². The predicted molar refractivity (Wildman–Crippen MR) is 75.1 cm³/mol. The van der Waals surface area contributed by atoms with Crippen LogP contribution in [0, 0.1) is 17.3 Å². The highest BCUT2D eigenvalue weighted by Crippen LogP contribution is 2.58. The molecule has 6 heteroatoms. The van der Waals surface area contributed by atoms with Crippen molar-refractivity contribution in [1.82, 2.24) is 0 Å². The van der Waals surface area contributed by atoms with Crippen molar-refractivity contribution < 1.29 is 24.6 Å². The highest BCUT2D eigenvalue weighted by molar-refractivity contribution is 6.01. The number of phenols is 1. The van der Waals surface area contributed by atoms with Crippen LogP contribution in [-0.4, -0.2) is 27.9 Å². The van der Waals surface area contributed by atoms with Crippen LogP contribution in [0.1, 0.15) is 31.1 Å². The summed E-state index contributed by atoms with van der Waals surface area (Å²) in [4.78, 5) is 34.4. The third kappa shape index (κ3) is 2.61. The maximum atomic E-state index is 12.1. The van der Waals surface area contributed by atoms with Gasteiger partial charge in [-0.15, -0.1) is 0 Å². The number of benzene rings is 1. The highest BCUT2D eigenvalue weighted by atomic mass is 16.4. The monoisotopic (exact) mass is 291 g/mol. The quantitative estimate of drug-likeness (QED) is 0.735. The van der Waals surface area contributed by atoms with E-state index in [1.54, 1.807) is 13.8 Å². The van der Waals surface area contributed by atoms with Gasteiger partial charge in [0.15, 0.2) is 5.78 Å². The molecule has 1 fully saturated rings. The van der Waals surface area contributed by atoms with Gasteiger partial charge in [-0.1, -0.05) is 13.8 Å². The van der Waals surface area contributed by atoms with Crippen molar-refractivity contribution in [2.45, 2.75) is 20.8 Å². The number of aromatic hydroxyl groups is 1. The Bertz CT molecular complexity index is 635. The minimum absolute atomic E-state index is 0.170. The molecular formula is C15H17NO5. The third-order valence-electron chi connectivity index (χ3n) is 4.02. The molecule has 1 aromatic carbocycles.